The van der Waals surface area contributed by atoms with E-state index in [1.165, 1.54) is 43.6 Å². The number of aryl methyl sites for hydroxylation is 1. The van der Waals surface area contributed by atoms with E-state index >= 15 is 0 Å². The molecule has 29 heavy (non-hydrogen) atoms. The Morgan fingerprint density at radius 3 is 2.41 bits per heavy atom. The third-order valence-electron chi connectivity index (χ3n) is 7.65. The fraction of sp³-hybridized carbons (Fsp3) is 0.667. The van der Waals surface area contributed by atoms with E-state index in [0.29, 0.717) is 17.9 Å². The average Bonchev–Trinajstić information content (AvgIpc) is 3.39. The number of piperidine rings is 1. The lowest BCUT2D eigenvalue weighted by Crippen LogP contribution is -2.46. The number of hydrogen-bond acceptors (Lipinski definition) is 4. The molecule has 1 aromatic carbocycles. The normalized spacial score (nSPS) is 32.3. The fourth-order valence-electron chi connectivity index (χ4n) is 6.27. The van der Waals surface area contributed by atoms with Crippen LogP contribution in [0.15, 0.2) is 30.3 Å². The largest absolute Gasteiger partial charge is 0.316 e. The van der Waals surface area contributed by atoms with Gasteiger partial charge in [-0.25, -0.2) is 0 Å². The molecule has 0 aliphatic carbocycles. The number of benzene rings is 1. The summed E-state index contributed by atoms with van der Waals surface area (Å²) in [4.78, 5) is 2.87. The first kappa shape index (κ1) is 19.3. The van der Waals surface area contributed by atoms with Gasteiger partial charge in [-0.2, -0.15) is 0 Å². The molecule has 5 nitrogen and oxygen atoms in total. The highest BCUT2D eigenvalue weighted by atomic mass is 15.3. The van der Waals surface area contributed by atoms with Crippen molar-refractivity contribution in [3.05, 3.63) is 47.5 Å². The maximum atomic E-state index is 4.50. The van der Waals surface area contributed by atoms with Crippen LogP contribution in [0, 0.1) is 12.8 Å². The van der Waals surface area contributed by atoms with Gasteiger partial charge in [0.1, 0.15) is 11.6 Å². The first-order valence-corrected chi connectivity index (χ1v) is 11.5. The van der Waals surface area contributed by atoms with E-state index in [1.54, 1.807) is 0 Å². The third kappa shape index (κ3) is 3.53. The quantitative estimate of drug-likeness (QED) is 0.837. The minimum absolute atomic E-state index is 0.433. The van der Waals surface area contributed by atoms with Crippen LogP contribution >= 0.6 is 0 Å². The number of rotatable bonds is 5. The van der Waals surface area contributed by atoms with Crippen LogP contribution in [0.4, 0.5) is 0 Å². The van der Waals surface area contributed by atoms with Gasteiger partial charge in [-0.1, -0.05) is 44.2 Å². The van der Waals surface area contributed by atoms with Crippen LogP contribution in [0.5, 0.6) is 0 Å². The molecule has 1 aromatic heterocycles. The van der Waals surface area contributed by atoms with Crippen molar-refractivity contribution in [1.82, 2.24) is 25.0 Å². The summed E-state index contributed by atoms with van der Waals surface area (Å²) in [6, 6.07) is 13.1. The zero-order valence-electron chi connectivity index (χ0n) is 18.1. The lowest BCUT2D eigenvalue weighted by molar-refractivity contribution is 0.0872. The maximum absolute atomic E-state index is 4.50. The van der Waals surface area contributed by atoms with Gasteiger partial charge in [-0.05, 0) is 50.6 Å². The van der Waals surface area contributed by atoms with Crippen molar-refractivity contribution < 1.29 is 0 Å². The van der Waals surface area contributed by atoms with Gasteiger partial charge in [0.05, 0.1) is 0 Å². The fourth-order valence-corrected chi connectivity index (χ4v) is 6.27. The molecule has 1 N–H and O–H groups in total. The van der Waals surface area contributed by atoms with Crippen LogP contribution in [0.25, 0.3) is 0 Å². The summed E-state index contributed by atoms with van der Waals surface area (Å²) in [5.74, 6) is 4.07. The van der Waals surface area contributed by atoms with Crippen molar-refractivity contribution >= 4 is 0 Å². The molecular formula is C24H35N5. The summed E-state index contributed by atoms with van der Waals surface area (Å²) in [5, 5.41) is 12.6. The molecule has 3 aliphatic rings. The molecule has 0 saturated carbocycles. The molecule has 2 bridgehead atoms. The average molecular weight is 394 g/mol. The van der Waals surface area contributed by atoms with E-state index in [2.05, 4.69) is 76.1 Å². The molecule has 4 heterocycles. The minimum Gasteiger partial charge on any atom is -0.316 e. The predicted molar refractivity (Wildman–Crippen MR) is 116 cm³/mol. The van der Waals surface area contributed by atoms with E-state index < -0.39 is 0 Å². The van der Waals surface area contributed by atoms with E-state index in [-0.39, 0.29) is 0 Å². The molecule has 3 fully saturated rings. The molecule has 5 atom stereocenters. The highest BCUT2D eigenvalue weighted by Crippen LogP contribution is 2.43. The Hall–Kier alpha value is -1.72. The highest BCUT2D eigenvalue weighted by Gasteiger charge is 2.44. The molecule has 5 heteroatoms. The van der Waals surface area contributed by atoms with Gasteiger partial charge in [-0.15, -0.1) is 10.2 Å². The molecule has 3 aliphatic heterocycles. The smallest absolute Gasteiger partial charge is 0.135 e. The monoisotopic (exact) mass is 393 g/mol. The molecule has 5 rings (SSSR count). The van der Waals surface area contributed by atoms with Gasteiger partial charge < -0.3 is 9.88 Å². The second-order valence-electron chi connectivity index (χ2n) is 9.77. The topological polar surface area (TPSA) is 46.0 Å². The molecule has 0 amide bonds. The third-order valence-corrected chi connectivity index (χ3v) is 7.65. The second-order valence-corrected chi connectivity index (χ2v) is 9.77. The van der Waals surface area contributed by atoms with Crippen molar-refractivity contribution in [3.63, 3.8) is 0 Å². The zero-order chi connectivity index (χ0) is 20.0. The Morgan fingerprint density at radius 1 is 1.00 bits per heavy atom. The highest BCUT2D eigenvalue weighted by molar-refractivity contribution is 5.22. The van der Waals surface area contributed by atoms with Crippen LogP contribution in [0.1, 0.15) is 74.6 Å². The second kappa shape index (κ2) is 7.84. The van der Waals surface area contributed by atoms with Crippen molar-refractivity contribution in [2.45, 2.75) is 76.4 Å². The summed E-state index contributed by atoms with van der Waals surface area (Å²) >= 11 is 0. The first-order valence-electron chi connectivity index (χ1n) is 11.5. The van der Waals surface area contributed by atoms with Gasteiger partial charge in [-0.3, -0.25) is 4.90 Å². The molecule has 2 aromatic rings. The van der Waals surface area contributed by atoms with Crippen LogP contribution < -0.4 is 5.32 Å². The Balaban J connectivity index is 1.31. The molecular weight excluding hydrogens is 358 g/mol. The van der Waals surface area contributed by atoms with Gasteiger partial charge in [0.25, 0.3) is 0 Å². The van der Waals surface area contributed by atoms with Crippen molar-refractivity contribution in [1.29, 1.82) is 0 Å². The summed E-state index contributed by atoms with van der Waals surface area (Å²) in [7, 11) is 0. The summed E-state index contributed by atoms with van der Waals surface area (Å²) < 4.78 is 2.47. The Morgan fingerprint density at radius 2 is 1.72 bits per heavy atom. The number of hydrogen-bond donors (Lipinski definition) is 1. The van der Waals surface area contributed by atoms with E-state index in [4.69, 9.17) is 0 Å². The SMILES string of the molecule is Cc1nnc(C(C)C)n1C1C[C@H]2CC[C@@H](C1)N2C[C@H]1CNC[C@@H]1c1ccccc1. The van der Waals surface area contributed by atoms with Gasteiger partial charge in [0.15, 0.2) is 0 Å². The number of fused-ring (bicyclic) bond motifs is 2. The van der Waals surface area contributed by atoms with Crippen LogP contribution in [0.3, 0.4) is 0 Å². The Labute approximate surface area is 174 Å². The van der Waals surface area contributed by atoms with Crippen molar-refractivity contribution in [3.8, 4) is 0 Å². The summed E-state index contributed by atoms with van der Waals surface area (Å²) in [6.45, 7) is 10.1. The van der Waals surface area contributed by atoms with Crippen molar-refractivity contribution in [2.75, 3.05) is 19.6 Å². The standard InChI is InChI=1S/C24H35N5/c1-16(2)24-27-26-17(3)29(24)22-11-20-9-10-21(12-22)28(20)15-19-13-25-14-23(19)18-7-5-4-6-8-18/h4-8,16,19-23,25H,9-15H2,1-3H3/t19-,20-,21+,22?,23-/m1/s1. The summed E-state index contributed by atoms with van der Waals surface area (Å²) in [6.07, 6.45) is 5.22. The molecule has 1 unspecified atom stereocenters. The molecule has 0 radical (unpaired) electrons. The Kier molecular flexibility index (Phi) is 5.21. The van der Waals surface area contributed by atoms with Gasteiger partial charge >= 0.3 is 0 Å². The number of aromatic nitrogens is 3. The van der Waals surface area contributed by atoms with Crippen molar-refractivity contribution in [2.24, 2.45) is 5.92 Å². The maximum Gasteiger partial charge on any atom is 0.135 e. The molecule has 156 valence electrons. The van der Waals surface area contributed by atoms with Crippen LogP contribution in [0.2, 0.25) is 0 Å². The number of nitrogens with zero attached hydrogens (tertiary/aromatic N) is 4. The minimum atomic E-state index is 0.433. The Bertz CT molecular complexity index is 815. The van der Waals surface area contributed by atoms with Crippen LogP contribution in [-0.4, -0.2) is 51.4 Å². The van der Waals surface area contributed by atoms with Crippen LogP contribution in [-0.2, 0) is 0 Å². The predicted octanol–water partition coefficient (Wildman–Crippen LogP) is 3.88. The first-order chi connectivity index (χ1) is 14.1. The molecule has 3 saturated heterocycles. The lowest BCUT2D eigenvalue weighted by atomic mass is 9.87. The lowest BCUT2D eigenvalue weighted by Gasteiger charge is -2.42. The van der Waals surface area contributed by atoms with E-state index in [0.717, 1.165) is 36.9 Å². The number of nitrogens with one attached hydrogen (secondary N) is 1. The van der Waals surface area contributed by atoms with Gasteiger partial charge in [0.2, 0.25) is 0 Å². The van der Waals surface area contributed by atoms with Gasteiger partial charge in [0, 0.05) is 43.1 Å². The summed E-state index contributed by atoms with van der Waals surface area (Å²) in [5.41, 5.74) is 1.51. The van der Waals surface area contributed by atoms with E-state index in [9.17, 15) is 0 Å². The zero-order valence-corrected chi connectivity index (χ0v) is 18.1. The molecule has 0 spiro atoms. The van der Waals surface area contributed by atoms with E-state index in [1.807, 2.05) is 0 Å².